The number of carboxylic acids is 2. The van der Waals surface area contributed by atoms with Crippen molar-refractivity contribution in [3.05, 3.63) is 81.6 Å². The lowest BCUT2D eigenvalue weighted by Gasteiger charge is -2.04. The van der Waals surface area contributed by atoms with Gasteiger partial charge in [-0.05, 0) is 23.3 Å². The molecule has 2 rings (SSSR count). The van der Waals surface area contributed by atoms with Gasteiger partial charge in [0.25, 0.3) is 0 Å². The number of thioether (sulfide) groups is 1. The molecule has 0 amide bonds. The maximum absolute atomic E-state index is 11.4. The highest BCUT2D eigenvalue weighted by Gasteiger charge is 2.16. The van der Waals surface area contributed by atoms with E-state index >= 15 is 0 Å². The van der Waals surface area contributed by atoms with Crippen LogP contribution in [0.25, 0.3) is 12.2 Å². The molecule has 0 unspecified atom stereocenters. The Morgan fingerprint density at radius 1 is 0.696 bits per heavy atom. The lowest BCUT2D eigenvalue weighted by molar-refractivity contribution is -0.132. The SMILES string of the molecule is O=C(O)/C(=C\c1ccccc1)S/C(=C/c1ccccc1)C(=O)O. The molecule has 0 spiro atoms. The molecule has 0 fully saturated rings. The summed E-state index contributed by atoms with van der Waals surface area (Å²) >= 11 is 0.719. The molecule has 23 heavy (non-hydrogen) atoms. The van der Waals surface area contributed by atoms with Crippen LogP contribution in [-0.4, -0.2) is 22.2 Å². The van der Waals surface area contributed by atoms with E-state index in [-0.39, 0.29) is 9.81 Å². The summed E-state index contributed by atoms with van der Waals surface area (Å²) in [6.07, 6.45) is 2.91. The first-order valence-electron chi connectivity index (χ1n) is 6.74. The van der Waals surface area contributed by atoms with Crippen LogP contribution in [0.2, 0.25) is 0 Å². The smallest absolute Gasteiger partial charge is 0.342 e. The summed E-state index contributed by atoms with van der Waals surface area (Å²) in [5.41, 5.74) is 1.39. The van der Waals surface area contributed by atoms with Gasteiger partial charge in [-0.1, -0.05) is 72.4 Å². The van der Waals surface area contributed by atoms with Crippen molar-refractivity contribution in [2.45, 2.75) is 0 Å². The number of carbonyl (C=O) groups is 2. The van der Waals surface area contributed by atoms with Gasteiger partial charge < -0.3 is 10.2 Å². The van der Waals surface area contributed by atoms with Crippen LogP contribution in [0.5, 0.6) is 0 Å². The van der Waals surface area contributed by atoms with Gasteiger partial charge in [-0.25, -0.2) is 9.59 Å². The first-order valence-corrected chi connectivity index (χ1v) is 7.56. The minimum atomic E-state index is -1.17. The summed E-state index contributed by atoms with van der Waals surface area (Å²) < 4.78 is 0. The van der Waals surface area contributed by atoms with Crippen LogP contribution in [0.3, 0.4) is 0 Å². The average molecular weight is 326 g/mol. The molecule has 5 heteroatoms. The highest BCUT2D eigenvalue weighted by Crippen LogP contribution is 2.29. The second kappa shape index (κ2) is 8.00. The summed E-state index contributed by atoms with van der Waals surface area (Å²) in [6, 6.07) is 17.8. The first-order chi connectivity index (χ1) is 11.1. The molecule has 0 bridgehead atoms. The van der Waals surface area contributed by atoms with Crippen LogP contribution < -0.4 is 0 Å². The molecular formula is C18H14O4S. The largest absolute Gasteiger partial charge is 0.477 e. The highest BCUT2D eigenvalue weighted by molar-refractivity contribution is 8.08. The van der Waals surface area contributed by atoms with Gasteiger partial charge in [0.15, 0.2) is 0 Å². The van der Waals surface area contributed by atoms with E-state index in [1.165, 1.54) is 12.2 Å². The van der Waals surface area contributed by atoms with E-state index in [9.17, 15) is 19.8 Å². The molecule has 2 aromatic carbocycles. The van der Waals surface area contributed by atoms with Crippen LogP contribution in [0.15, 0.2) is 70.5 Å². The fraction of sp³-hybridized carbons (Fsp3) is 0. The third-order valence-corrected chi connectivity index (χ3v) is 3.86. The molecule has 0 heterocycles. The van der Waals surface area contributed by atoms with Gasteiger partial charge in [0.05, 0.1) is 9.81 Å². The molecule has 0 saturated heterocycles. The molecule has 0 aliphatic heterocycles. The number of benzene rings is 2. The van der Waals surface area contributed by atoms with E-state index in [0.29, 0.717) is 11.1 Å². The molecule has 0 aromatic heterocycles. The molecule has 116 valence electrons. The van der Waals surface area contributed by atoms with Crippen LogP contribution in [0.4, 0.5) is 0 Å². The lowest BCUT2D eigenvalue weighted by atomic mass is 10.2. The van der Waals surface area contributed by atoms with Crippen LogP contribution >= 0.6 is 11.8 Å². The molecule has 0 aliphatic carbocycles. The second-order valence-corrected chi connectivity index (χ2v) is 5.63. The Hall–Kier alpha value is -2.79. The third kappa shape index (κ3) is 5.16. The zero-order chi connectivity index (χ0) is 16.7. The average Bonchev–Trinajstić information content (AvgIpc) is 2.55. The van der Waals surface area contributed by atoms with E-state index < -0.39 is 11.9 Å². The van der Waals surface area contributed by atoms with Crippen molar-refractivity contribution in [2.75, 3.05) is 0 Å². The normalized spacial score (nSPS) is 12.0. The summed E-state index contributed by atoms with van der Waals surface area (Å²) in [4.78, 5) is 22.7. The Morgan fingerprint density at radius 2 is 1.04 bits per heavy atom. The Labute approximate surface area is 137 Å². The maximum Gasteiger partial charge on any atom is 0.342 e. The standard InChI is InChI=1S/C18H14O4S/c19-17(20)15(11-13-7-3-1-4-8-13)23-16(18(21)22)12-14-9-5-2-6-10-14/h1-12H,(H,19,20)(H,21,22)/b15-11+,16-12+. The fourth-order valence-electron chi connectivity index (χ4n) is 1.79. The summed E-state index contributed by atoms with van der Waals surface area (Å²) in [5, 5.41) is 18.6. The van der Waals surface area contributed by atoms with Gasteiger partial charge >= 0.3 is 11.9 Å². The van der Waals surface area contributed by atoms with Crippen molar-refractivity contribution in [2.24, 2.45) is 0 Å². The van der Waals surface area contributed by atoms with Gasteiger partial charge in [-0.15, -0.1) is 0 Å². The van der Waals surface area contributed by atoms with E-state index in [2.05, 4.69) is 0 Å². The number of hydrogen-bond donors (Lipinski definition) is 2. The zero-order valence-corrected chi connectivity index (χ0v) is 12.9. The Kier molecular flexibility index (Phi) is 5.77. The minimum Gasteiger partial charge on any atom is -0.477 e. The first kappa shape index (κ1) is 16.6. The summed E-state index contributed by atoms with van der Waals surface area (Å²) in [5.74, 6) is -2.34. The lowest BCUT2D eigenvalue weighted by Crippen LogP contribution is -2.02. The maximum atomic E-state index is 11.4. The highest BCUT2D eigenvalue weighted by atomic mass is 32.2. The van der Waals surface area contributed by atoms with Gasteiger partial charge in [-0.3, -0.25) is 0 Å². The number of hydrogen-bond acceptors (Lipinski definition) is 3. The van der Waals surface area contributed by atoms with E-state index in [4.69, 9.17) is 0 Å². The van der Waals surface area contributed by atoms with Gasteiger partial charge in [-0.2, -0.15) is 0 Å². The second-order valence-electron chi connectivity index (χ2n) is 4.55. The quantitative estimate of drug-likeness (QED) is 0.786. The predicted octanol–water partition coefficient (Wildman–Crippen LogP) is 3.97. The van der Waals surface area contributed by atoms with Gasteiger partial charge in [0.1, 0.15) is 0 Å². The summed E-state index contributed by atoms with van der Waals surface area (Å²) in [6.45, 7) is 0. The van der Waals surface area contributed by atoms with Crippen LogP contribution in [-0.2, 0) is 9.59 Å². The minimum absolute atomic E-state index is 0.0548. The monoisotopic (exact) mass is 326 g/mol. The molecular weight excluding hydrogens is 312 g/mol. The third-order valence-electron chi connectivity index (χ3n) is 2.84. The van der Waals surface area contributed by atoms with Crippen molar-refractivity contribution >= 4 is 35.9 Å². The molecule has 0 radical (unpaired) electrons. The van der Waals surface area contributed by atoms with Gasteiger partial charge in [0, 0.05) is 0 Å². The van der Waals surface area contributed by atoms with Gasteiger partial charge in [0.2, 0.25) is 0 Å². The predicted molar refractivity (Wildman–Crippen MR) is 91.7 cm³/mol. The summed E-state index contributed by atoms with van der Waals surface area (Å²) in [7, 11) is 0. The molecule has 0 aliphatic rings. The molecule has 0 atom stereocenters. The number of rotatable bonds is 6. The Bertz CT molecular complexity index is 684. The topological polar surface area (TPSA) is 74.6 Å². The van der Waals surface area contributed by atoms with Crippen molar-refractivity contribution in [3.63, 3.8) is 0 Å². The van der Waals surface area contributed by atoms with Crippen molar-refractivity contribution in [1.29, 1.82) is 0 Å². The molecule has 0 saturated carbocycles. The molecule has 2 aromatic rings. The van der Waals surface area contributed by atoms with Crippen molar-refractivity contribution in [3.8, 4) is 0 Å². The Balaban J connectivity index is 2.33. The van der Waals surface area contributed by atoms with Crippen molar-refractivity contribution in [1.82, 2.24) is 0 Å². The zero-order valence-electron chi connectivity index (χ0n) is 12.0. The fourth-order valence-corrected chi connectivity index (χ4v) is 2.59. The number of carboxylic acid groups (broad SMARTS) is 2. The van der Waals surface area contributed by atoms with Crippen molar-refractivity contribution < 1.29 is 19.8 Å². The van der Waals surface area contributed by atoms with E-state index in [1.807, 2.05) is 12.1 Å². The van der Waals surface area contributed by atoms with E-state index in [1.54, 1.807) is 48.5 Å². The Morgan fingerprint density at radius 3 is 1.35 bits per heavy atom. The molecule has 2 N–H and O–H groups in total. The van der Waals surface area contributed by atoms with Crippen LogP contribution in [0.1, 0.15) is 11.1 Å². The van der Waals surface area contributed by atoms with Crippen LogP contribution in [0, 0.1) is 0 Å². The van der Waals surface area contributed by atoms with E-state index in [0.717, 1.165) is 11.8 Å². The molecule has 4 nitrogen and oxygen atoms in total. The number of aliphatic carboxylic acids is 2.